The minimum Gasteiger partial charge on any atom is -0.334 e. The number of piperidine rings is 1. The Morgan fingerprint density at radius 3 is 3.05 bits per heavy atom. The van der Waals surface area contributed by atoms with Crippen molar-refractivity contribution in [1.82, 2.24) is 4.90 Å². The van der Waals surface area contributed by atoms with Gasteiger partial charge in [-0.1, -0.05) is 13.0 Å². The van der Waals surface area contributed by atoms with E-state index in [0.717, 1.165) is 30.6 Å². The Morgan fingerprint density at radius 1 is 1.48 bits per heavy atom. The molecule has 0 radical (unpaired) electrons. The Morgan fingerprint density at radius 2 is 2.29 bits per heavy atom. The molecule has 1 saturated heterocycles. The van der Waals surface area contributed by atoms with E-state index in [1.807, 2.05) is 17.0 Å². The lowest BCUT2D eigenvalue weighted by molar-refractivity contribution is -0.115. The van der Waals surface area contributed by atoms with Gasteiger partial charge in [0.1, 0.15) is 0 Å². The van der Waals surface area contributed by atoms with Gasteiger partial charge in [-0.2, -0.15) is 0 Å². The van der Waals surface area contributed by atoms with Gasteiger partial charge in [0.15, 0.2) is 0 Å². The van der Waals surface area contributed by atoms with Crippen LogP contribution in [0.4, 0.5) is 5.69 Å². The van der Waals surface area contributed by atoms with Crippen LogP contribution in [0.3, 0.4) is 0 Å². The summed E-state index contributed by atoms with van der Waals surface area (Å²) in [6, 6.07) is 5.57. The van der Waals surface area contributed by atoms with Gasteiger partial charge in [0.25, 0.3) is 5.91 Å². The van der Waals surface area contributed by atoms with E-state index < -0.39 is 0 Å². The highest BCUT2D eigenvalue weighted by molar-refractivity contribution is 6.02. The molecule has 1 aromatic carbocycles. The van der Waals surface area contributed by atoms with Crippen LogP contribution in [0.5, 0.6) is 0 Å². The zero-order chi connectivity index (χ0) is 15.0. The molecule has 5 heteroatoms. The van der Waals surface area contributed by atoms with Crippen molar-refractivity contribution in [3.05, 3.63) is 29.3 Å². The first-order valence-electron chi connectivity index (χ1n) is 7.54. The smallest absolute Gasteiger partial charge is 0.254 e. The van der Waals surface area contributed by atoms with Gasteiger partial charge in [-0.25, -0.2) is 0 Å². The number of carbonyl (C=O) groups excluding carboxylic acids is 2. The van der Waals surface area contributed by atoms with Gasteiger partial charge in [0.2, 0.25) is 5.91 Å². The van der Waals surface area contributed by atoms with E-state index in [2.05, 4.69) is 12.2 Å². The number of nitrogens with zero attached hydrogens (tertiary/aromatic N) is 1. The molecule has 112 valence electrons. The second-order valence-electron chi connectivity index (χ2n) is 6.02. The largest absolute Gasteiger partial charge is 0.334 e. The number of likely N-dealkylation sites (tertiary alicyclic amines) is 1. The van der Waals surface area contributed by atoms with Crippen molar-refractivity contribution in [3.63, 3.8) is 0 Å². The monoisotopic (exact) mass is 287 g/mol. The van der Waals surface area contributed by atoms with Crippen molar-refractivity contribution in [2.45, 2.75) is 32.2 Å². The summed E-state index contributed by atoms with van der Waals surface area (Å²) < 4.78 is 0. The number of hydrogen-bond donors (Lipinski definition) is 2. The number of amides is 2. The summed E-state index contributed by atoms with van der Waals surface area (Å²) in [7, 11) is 0. The third kappa shape index (κ3) is 2.53. The molecule has 0 aliphatic carbocycles. The number of nitrogens with one attached hydrogen (secondary N) is 1. The van der Waals surface area contributed by atoms with Gasteiger partial charge in [0.05, 0.1) is 6.42 Å². The van der Waals surface area contributed by atoms with E-state index >= 15 is 0 Å². The number of hydrogen-bond acceptors (Lipinski definition) is 3. The number of nitrogens with two attached hydrogens (primary N) is 1. The van der Waals surface area contributed by atoms with Gasteiger partial charge in [-0.3, -0.25) is 9.59 Å². The normalized spacial score (nSPS) is 24.7. The summed E-state index contributed by atoms with van der Waals surface area (Å²) >= 11 is 0. The Labute approximate surface area is 124 Å². The molecule has 0 spiro atoms. The fraction of sp³-hybridized carbons (Fsp3) is 0.500. The first-order chi connectivity index (χ1) is 10.1. The Hall–Kier alpha value is -1.88. The average Bonchev–Trinajstić information content (AvgIpc) is 2.85. The van der Waals surface area contributed by atoms with Crippen LogP contribution in [0.15, 0.2) is 18.2 Å². The van der Waals surface area contributed by atoms with Crippen LogP contribution < -0.4 is 11.1 Å². The number of carbonyl (C=O) groups is 2. The van der Waals surface area contributed by atoms with Crippen molar-refractivity contribution in [3.8, 4) is 0 Å². The molecule has 1 fully saturated rings. The Bertz CT molecular complexity index is 585. The maximum absolute atomic E-state index is 12.8. The second-order valence-corrected chi connectivity index (χ2v) is 6.02. The molecule has 3 rings (SSSR count). The molecular weight excluding hydrogens is 266 g/mol. The van der Waals surface area contributed by atoms with Crippen LogP contribution >= 0.6 is 0 Å². The van der Waals surface area contributed by atoms with Gasteiger partial charge >= 0.3 is 0 Å². The van der Waals surface area contributed by atoms with Crippen LogP contribution in [-0.4, -0.2) is 35.8 Å². The van der Waals surface area contributed by atoms with Gasteiger partial charge < -0.3 is 16.0 Å². The number of anilines is 1. The van der Waals surface area contributed by atoms with Gasteiger partial charge in [0, 0.05) is 30.4 Å². The SMILES string of the molecule is CC1CCCN(C(=O)c2ccc3c(c2)NC(=O)C3)C1CN. The van der Waals surface area contributed by atoms with E-state index in [-0.39, 0.29) is 17.9 Å². The molecule has 21 heavy (non-hydrogen) atoms. The summed E-state index contributed by atoms with van der Waals surface area (Å²) in [5, 5.41) is 2.80. The van der Waals surface area contributed by atoms with Crippen LogP contribution in [0.25, 0.3) is 0 Å². The Kier molecular flexibility index (Phi) is 3.68. The molecule has 0 saturated carbocycles. The molecule has 2 heterocycles. The summed E-state index contributed by atoms with van der Waals surface area (Å²) in [6.07, 6.45) is 2.53. The van der Waals surface area contributed by atoms with Crippen molar-refractivity contribution in [1.29, 1.82) is 0 Å². The van der Waals surface area contributed by atoms with E-state index in [9.17, 15) is 9.59 Å². The third-order valence-corrected chi connectivity index (χ3v) is 4.60. The molecule has 3 N–H and O–H groups in total. The summed E-state index contributed by atoms with van der Waals surface area (Å²) in [4.78, 5) is 26.1. The molecule has 2 amide bonds. The predicted molar refractivity (Wildman–Crippen MR) is 81.1 cm³/mol. The van der Waals surface area contributed by atoms with E-state index in [0.29, 0.717) is 24.4 Å². The predicted octanol–water partition coefficient (Wildman–Crippen LogP) is 1.38. The zero-order valence-corrected chi connectivity index (χ0v) is 12.3. The van der Waals surface area contributed by atoms with Crippen molar-refractivity contribution < 1.29 is 9.59 Å². The van der Waals surface area contributed by atoms with E-state index in [1.54, 1.807) is 6.07 Å². The first kappa shape index (κ1) is 14.1. The van der Waals surface area contributed by atoms with E-state index in [4.69, 9.17) is 5.73 Å². The lowest BCUT2D eigenvalue weighted by atomic mass is 9.90. The minimum absolute atomic E-state index is 0.0129. The second kappa shape index (κ2) is 5.48. The number of rotatable bonds is 2. The molecule has 2 unspecified atom stereocenters. The molecule has 5 nitrogen and oxygen atoms in total. The summed E-state index contributed by atoms with van der Waals surface area (Å²) in [6.45, 7) is 3.41. The van der Waals surface area contributed by atoms with Crippen LogP contribution in [0.2, 0.25) is 0 Å². The average molecular weight is 287 g/mol. The fourth-order valence-electron chi connectivity index (χ4n) is 3.37. The lowest BCUT2D eigenvalue weighted by Crippen LogP contribution is -2.51. The molecule has 2 aliphatic rings. The quantitative estimate of drug-likeness (QED) is 0.863. The minimum atomic E-state index is -0.0129. The topological polar surface area (TPSA) is 75.4 Å². The van der Waals surface area contributed by atoms with Gasteiger partial charge in [-0.15, -0.1) is 0 Å². The first-order valence-corrected chi connectivity index (χ1v) is 7.54. The highest BCUT2D eigenvalue weighted by Gasteiger charge is 2.31. The van der Waals surface area contributed by atoms with Crippen LogP contribution in [-0.2, 0) is 11.2 Å². The van der Waals surface area contributed by atoms with Crippen LogP contribution in [0, 0.1) is 5.92 Å². The molecule has 0 bridgehead atoms. The molecular formula is C16H21N3O2. The molecule has 1 aromatic rings. The molecule has 2 aliphatic heterocycles. The summed E-state index contributed by atoms with van der Waals surface area (Å²) in [5.41, 5.74) is 8.21. The maximum Gasteiger partial charge on any atom is 0.254 e. The fourth-order valence-corrected chi connectivity index (χ4v) is 3.37. The number of benzene rings is 1. The Balaban J connectivity index is 1.85. The lowest BCUT2D eigenvalue weighted by Gasteiger charge is -2.39. The van der Waals surface area contributed by atoms with Crippen molar-refractivity contribution >= 4 is 17.5 Å². The number of fused-ring (bicyclic) bond motifs is 1. The highest BCUT2D eigenvalue weighted by Crippen LogP contribution is 2.28. The van der Waals surface area contributed by atoms with Crippen molar-refractivity contribution in [2.24, 2.45) is 11.7 Å². The summed E-state index contributed by atoms with van der Waals surface area (Å²) in [5.74, 6) is 0.434. The van der Waals surface area contributed by atoms with Crippen LogP contribution in [0.1, 0.15) is 35.7 Å². The molecule has 0 aromatic heterocycles. The molecule has 2 atom stereocenters. The standard InChI is InChI=1S/C16H21N3O2/c1-10-3-2-6-19(14(10)9-17)16(21)12-5-4-11-8-15(20)18-13(11)7-12/h4-5,7,10,14H,2-3,6,8-9,17H2,1H3,(H,18,20). The zero-order valence-electron chi connectivity index (χ0n) is 12.3. The van der Waals surface area contributed by atoms with Gasteiger partial charge in [-0.05, 0) is 36.5 Å². The highest BCUT2D eigenvalue weighted by atomic mass is 16.2. The third-order valence-electron chi connectivity index (χ3n) is 4.60. The maximum atomic E-state index is 12.8. The van der Waals surface area contributed by atoms with Crippen molar-refractivity contribution in [2.75, 3.05) is 18.4 Å². The van der Waals surface area contributed by atoms with E-state index in [1.165, 1.54) is 0 Å².